The van der Waals surface area contributed by atoms with Crippen LogP contribution in [0.3, 0.4) is 0 Å². The van der Waals surface area contributed by atoms with E-state index in [2.05, 4.69) is 11.9 Å². The van der Waals surface area contributed by atoms with Crippen LogP contribution in [0.25, 0.3) is 0 Å². The second-order valence-corrected chi connectivity index (χ2v) is 4.02. The van der Waals surface area contributed by atoms with Crippen LogP contribution >= 0.6 is 0 Å². The number of rotatable bonds is 4. The molecule has 1 heterocycles. The number of nitrogens with two attached hydrogens (primary N) is 1. The highest BCUT2D eigenvalue weighted by Crippen LogP contribution is 2.16. The van der Waals surface area contributed by atoms with E-state index in [9.17, 15) is 4.79 Å². The van der Waals surface area contributed by atoms with Crippen LogP contribution in [-0.2, 0) is 4.79 Å². The number of Topliss-reactive ketones (excluding diaryl/α,β-unsaturated/α-hetero) is 1. The largest absolute Gasteiger partial charge is 0.387 e. The van der Waals surface area contributed by atoms with Crippen molar-refractivity contribution in [3.63, 3.8) is 0 Å². The molecular formula is C14H20N2O. The van der Waals surface area contributed by atoms with Crippen LogP contribution in [0.4, 0.5) is 0 Å². The summed E-state index contributed by atoms with van der Waals surface area (Å²) in [4.78, 5) is 11.5. The third kappa shape index (κ3) is 4.41. The first-order chi connectivity index (χ1) is 8.15. The van der Waals surface area contributed by atoms with E-state index in [-0.39, 0.29) is 5.78 Å². The van der Waals surface area contributed by atoms with Gasteiger partial charge in [-0.1, -0.05) is 37.8 Å². The molecule has 1 aliphatic rings. The van der Waals surface area contributed by atoms with Crippen molar-refractivity contribution in [2.24, 2.45) is 5.73 Å². The van der Waals surface area contributed by atoms with E-state index in [4.69, 9.17) is 5.73 Å². The summed E-state index contributed by atoms with van der Waals surface area (Å²) in [6.07, 6.45) is 10.8. The predicted molar refractivity (Wildman–Crippen MR) is 71.4 cm³/mol. The third-order valence-corrected chi connectivity index (χ3v) is 2.67. The van der Waals surface area contributed by atoms with Crippen LogP contribution in [0, 0.1) is 0 Å². The van der Waals surface area contributed by atoms with Gasteiger partial charge in [-0.15, -0.1) is 0 Å². The Bertz CT molecular complexity index is 378. The van der Waals surface area contributed by atoms with E-state index in [1.54, 1.807) is 0 Å². The first-order valence-corrected chi connectivity index (χ1v) is 5.88. The molecule has 92 valence electrons. The van der Waals surface area contributed by atoms with Gasteiger partial charge in [0.15, 0.2) is 0 Å². The van der Waals surface area contributed by atoms with E-state index in [0.717, 1.165) is 17.7 Å². The lowest BCUT2D eigenvalue weighted by molar-refractivity contribution is -0.119. The first-order valence-electron chi connectivity index (χ1n) is 5.88. The van der Waals surface area contributed by atoms with Gasteiger partial charge in [0.2, 0.25) is 0 Å². The number of carbonyl (C=O) groups is 1. The maximum Gasteiger partial charge on any atom is 0.149 e. The van der Waals surface area contributed by atoms with Gasteiger partial charge in [-0.05, 0) is 17.6 Å². The molecule has 0 fully saturated rings. The van der Waals surface area contributed by atoms with Crippen molar-refractivity contribution in [1.82, 2.24) is 5.32 Å². The maximum atomic E-state index is 11.5. The molecule has 0 amide bonds. The normalized spacial score (nSPS) is 24.4. The fourth-order valence-electron chi connectivity index (χ4n) is 1.57. The average Bonchev–Trinajstić information content (AvgIpc) is 2.42. The Kier molecular flexibility index (Phi) is 5.43. The molecule has 0 saturated carbocycles. The molecule has 0 aromatic heterocycles. The molecule has 1 rings (SSSR count). The first kappa shape index (κ1) is 13.5. The highest BCUT2D eigenvalue weighted by atomic mass is 16.1. The van der Waals surface area contributed by atoms with E-state index >= 15 is 0 Å². The van der Waals surface area contributed by atoms with Gasteiger partial charge in [0.05, 0.1) is 6.04 Å². The summed E-state index contributed by atoms with van der Waals surface area (Å²) in [7, 11) is 0. The zero-order valence-corrected chi connectivity index (χ0v) is 10.3. The highest BCUT2D eigenvalue weighted by Gasteiger charge is 2.14. The second-order valence-electron chi connectivity index (χ2n) is 4.02. The molecule has 1 unspecified atom stereocenters. The summed E-state index contributed by atoms with van der Waals surface area (Å²) in [5, 5.41) is 3.15. The van der Waals surface area contributed by atoms with Crippen LogP contribution in [0.5, 0.6) is 0 Å². The zero-order chi connectivity index (χ0) is 12.7. The summed E-state index contributed by atoms with van der Waals surface area (Å²) in [5.41, 5.74) is 7.73. The topological polar surface area (TPSA) is 55.1 Å². The van der Waals surface area contributed by atoms with Crippen molar-refractivity contribution < 1.29 is 4.79 Å². The number of allylic oxidation sites excluding steroid dienone is 4. The molecule has 0 bridgehead atoms. The number of hydrogen-bond acceptors (Lipinski definition) is 3. The molecule has 0 aromatic rings. The predicted octanol–water partition coefficient (Wildman–Crippen LogP) is 1.84. The van der Waals surface area contributed by atoms with Crippen LogP contribution < -0.4 is 11.1 Å². The second kappa shape index (κ2) is 6.86. The molecule has 0 saturated heterocycles. The number of carbonyl (C=O) groups excluding carboxylic acids is 1. The lowest BCUT2D eigenvalue weighted by atomic mass is 9.97. The molecule has 1 atom stereocenters. The Morgan fingerprint density at radius 2 is 2.35 bits per heavy atom. The van der Waals surface area contributed by atoms with Crippen molar-refractivity contribution in [2.45, 2.75) is 25.8 Å². The fourth-order valence-corrected chi connectivity index (χ4v) is 1.57. The van der Waals surface area contributed by atoms with Gasteiger partial charge in [0.1, 0.15) is 5.78 Å². The molecule has 0 spiro atoms. The summed E-state index contributed by atoms with van der Waals surface area (Å²) in [6.45, 7) is 6.57. The number of hydrogen-bond donors (Lipinski definition) is 2. The monoisotopic (exact) mass is 232 g/mol. The SMILES string of the molecule is C=C1/C=C\C=C/CN/C=C\1CC(N)C(=O)CC. The summed E-state index contributed by atoms with van der Waals surface area (Å²) >= 11 is 0. The van der Waals surface area contributed by atoms with Crippen LogP contribution in [0.15, 0.2) is 48.2 Å². The van der Waals surface area contributed by atoms with Gasteiger partial charge in [-0.25, -0.2) is 0 Å². The van der Waals surface area contributed by atoms with Gasteiger partial charge in [-0.3, -0.25) is 4.79 Å². The fraction of sp³-hybridized carbons (Fsp3) is 0.357. The van der Waals surface area contributed by atoms with E-state index < -0.39 is 6.04 Å². The van der Waals surface area contributed by atoms with Gasteiger partial charge in [-0.2, -0.15) is 0 Å². The maximum absolute atomic E-state index is 11.5. The minimum absolute atomic E-state index is 0.0840. The molecule has 3 nitrogen and oxygen atoms in total. The minimum atomic E-state index is -0.438. The molecule has 17 heavy (non-hydrogen) atoms. The third-order valence-electron chi connectivity index (χ3n) is 2.67. The minimum Gasteiger partial charge on any atom is -0.387 e. The van der Waals surface area contributed by atoms with Gasteiger partial charge >= 0.3 is 0 Å². The van der Waals surface area contributed by atoms with Crippen LogP contribution in [0.2, 0.25) is 0 Å². The lowest BCUT2D eigenvalue weighted by Crippen LogP contribution is -2.30. The molecule has 0 aromatic carbocycles. The van der Waals surface area contributed by atoms with Gasteiger partial charge in [0, 0.05) is 19.2 Å². The quantitative estimate of drug-likeness (QED) is 0.777. The molecule has 3 heteroatoms. The smallest absolute Gasteiger partial charge is 0.149 e. The summed E-state index contributed by atoms with van der Waals surface area (Å²) in [5.74, 6) is 0.0840. The van der Waals surface area contributed by atoms with Gasteiger partial charge in [0.25, 0.3) is 0 Å². The van der Waals surface area contributed by atoms with Crippen molar-refractivity contribution in [3.05, 3.63) is 48.2 Å². The molecule has 0 radical (unpaired) electrons. The molecular weight excluding hydrogens is 212 g/mol. The molecule has 3 N–H and O–H groups in total. The van der Waals surface area contributed by atoms with E-state index in [1.165, 1.54) is 0 Å². The zero-order valence-electron chi connectivity index (χ0n) is 10.3. The summed E-state index contributed by atoms with van der Waals surface area (Å²) in [6, 6.07) is -0.438. The Labute approximate surface area is 103 Å². The summed E-state index contributed by atoms with van der Waals surface area (Å²) < 4.78 is 0. The van der Waals surface area contributed by atoms with Crippen molar-refractivity contribution in [1.29, 1.82) is 0 Å². The van der Waals surface area contributed by atoms with Crippen molar-refractivity contribution >= 4 is 5.78 Å². The van der Waals surface area contributed by atoms with Gasteiger partial charge < -0.3 is 11.1 Å². The Morgan fingerprint density at radius 3 is 3.06 bits per heavy atom. The highest BCUT2D eigenvalue weighted by molar-refractivity contribution is 5.83. The number of ketones is 1. The molecule has 0 aliphatic carbocycles. The lowest BCUT2D eigenvalue weighted by Gasteiger charge is -2.13. The van der Waals surface area contributed by atoms with Crippen LogP contribution in [0.1, 0.15) is 19.8 Å². The van der Waals surface area contributed by atoms with Crippen LogP contribution in [-0.4, -0.2) is 18.4 Å². The molecule has 1 aliphatic heterocycles. The standard InChI is InChI=1S/C14H20N2O/c1-3-14(17)13(15)9-12-10-16-8-6-4-5-7-11(12)2/h4-7,10,13,16H,2-3,8-9,15H2,1H3/b6-4-,7-5-,12-10-. The van der Waals surface area contributed by atoms with E-state index in [0.29, 0.717) is 12.8 Å². The Hall–Kier alpha value is -1.61. The Balaban J connectivity index is 2.73. The number of nitrogens with one attached hydrogen (secondary N) is 1. The Morgan fingerprint density at radius 1 is 1.59 bits per heavy atom. The van der Waals surface area contributed by atoms with E-state index in [1.807, 2.05) is 37.4 Å². The van der Waals surface area contributed by atoms with Crippen molar-refractivity contribution in [2.75, 3.05) is 6.54 Å². The van der Waals surface area contributed by atoms with Crippen molar-refractivity contribution in [3.8, 4) is 0 Å². The average molecular weight is 232 g/mol.